The van der Waals surface area contributed by atoms with Crippen molar-refractivity contribution in [2.45, 2.75) is 5.16 Å². The fourth-order valence-corrected chi connectivity index (χ4v) is 2.10. The molecule has 0 fully saturated rings. The molecule has 18 heavy (non-hydrogen) atoms. The van der Waals surface area contributed by atoms with Crippen LogP contribution in [-0.4, -0.2) is 26.6 Å². The zero-order valence-electron chi connectivity index (χ0n) is 9.29. The third-order valence-corrected chi connectivity index (χ3v) is 3.02. The Morgan fingerprint density at radius 3 is 2.72 bits per heavy atom. The zero-order chi connectivity index (χ0) is 13.0. The molecule has 0 spiro atoms. The molecule has 1 heterocycles. The molecule has 0 bridgehead atoms. The number of nitrogens with one attached hydrogen (secondary N) is 1. The van der Waals surface area contributed by atoms with Crippen LogP contribution in [0.4, 0.5) is 0 Å². The summed E-state index contributed by atoms with van der Waals surface area (Å²) in [5.74, 6) is -0.267. The molecule has 0 amide bonds. The van der Waals surface area contributed by atoms with E-state index in [2.05, 4.69) is 9.97 Å². The third kappa shape index (κ3) is 3.21. The van der Waals surface area contributed by atoms with E-state index in [0.717, 1.165) is 17.8 Å². The monoisotopic (exact) mass is 262 g/mol. The topological polar surface area (TPSA) is 83.0 Å². The molecule has 0 saturated heterocycles. The van der Waals surface area contributed by atoms with E-state index < -0.39 is 5.56 Å². The molecule has 2 rings (SSSR count). The molecule has 0 saturated carbocycles. The molecule has 0 aliphatic heterocycles. The Hall–Kier alpha value is -2.08. The van der Waals surface area contributed by atoms with Gasteiger partial charge in [0.25, 0.3) is 5.56 Å². The molecule has 0 unspecified atom stereocenters. The first-order chi connectivity index (χ1) is 8.65. The van der Waals surface area contributed by atoms with Gasteiger partial charge in [-0.2, -0.15) is 4.98 Å². The summed E-state index contributed by atoms with van der Waals surface area (Å²) in [5, 5.41) is 9.37. The number of thioether (sulfide) groups is 1. The maximum absolute atomic E-state index is 11.8. The standard InChI is InChI=1S/C12H10N2O3S/c15-9(8-4-2-1-3-5-8)7-18-12-13-10(16)6-11(17)14-12/h1-6H,7H2,(H2,13,14,16,17). The van der Waals surface area contributed by atoms with Crippen molar-refractivity contribution in [2.24, 2.45) is 0 Å². The number of ketones is 1. The van der Waals surface area contributed by atoms with Gasteiger partial charge in [-0.1, -0.05) is 42.1 Å². The molecule has 0 atom stereocenters. The van der Waals surface area contributed by atoms with Crippen LogP contribution in [0.3, 0.4) is 0 Å². The highest BCUT2D eigenvalue weighted by atomic mass is 32.2. The highest BCUT2D eigenvalue weighted by Crippen LogP contribution is 2.15. The Morgan fingerprint density at radius 1 is 1.33 bits per heavy atom. The van der Waals surface area contributed by atoms with Crippen molar-refractivity contribution in [2.75, 3.05) is 5.75 Å². The van der Waals surface area contributed by atoms with Crippen molar-refractivity contribution in [3.63, 3.8) is 0 Å². The molecule has 2 aromatic rings. The van der Waals surface area contributed by atoms with Gasteiger partial charge in [-0.05, 0) is 0 Å². The number of aromatic amines is 1. The molecular weight excluding hydrogens is 252 g/mol. The Labute approximate surface area is 107 Å². The van der Waals surface area contributed by atoms with Crippen molar-refractivity contribution >= 4 is 17.5 Å². The first-order valence-corrected chi connectivity index (χ1v) is 6.15. The summed E-state index contributed by atoms with van der Waals surface area (Å²) in [6, 6.07) is 9.82. The number of aromatic nitrogens is 2. The van der Waals surface area contributed by atoms with E-state index in [1.165, 1.54) is 0 Å². The smallest absolute Gasteiger partial charge is 0.255 e. The minimum Gasteiger partial charge on any atom is -0.493 e. The van der Waals surface area contributed by atoms with Crippen LogP contribution in [-0.2, 0) is 0 Å². The van der Waals surface area contributed by atoms with Crippen molar-refractivity contribution in [1.29, 1.82) is 0 Å². The number of carbonyl (C=O) groups excluding carboxylic acids is 1. The summed E-state index contributed by atoms with van der Waals surface area (Å²) < 4.78 is 0. The number of carbonyl (C=O) groups is 1. The Kier molecular flexibility index (Phi) is 3.78. The van der Waals surface area contributed by atoms with Crippen LogP contribution in [0.25, 0.3) is 0 Å². The van der Waals surface area contributed by atoms with Gasteiger partial charge in [0.2, 0.25) is 5.88 Å². The summed E-state index contributed by atoms with van der Waals surface area (Å²) >= 11 is 1.08. The van der Waals surface area contributed by atoms with Gasteiger partial charge in [-0.3, -0.25) is 9.59 Å². The van der Waals surface area contributed by atoms with Gasteiger partial charge in [0, 0.05) is 5.56 Å². The molecule has 6 heteroatoms. The average molecular weight is 262 g/mol. The van der Waals surface area contributed by atoms with Crippen LogP contribution >= 0.6 is 11.8 Å². The molecule has 5 nitrogen and oxygen atoms in total. The van der Waals surface area contributed by atoms with Crippen LogP contribution in [0.5, 0.6) is 5.88 Å². The van der Waals surface area contributed by atoms with E-state index in [4.69, 9.17) is 5.11 Å². The maximum Gasteiger partial charge on any atom is 0.255 e. The second-order valence-corrected chi connectivity index (χ2v) is 4.45. The van der Waals surface area contributed by atoms with E-state index in [9.17, 15) is 9.59 Å². The first-order valence-electron chi connectivity index (χ1n) is 5.16. The lowest BCUT2D eigenvalue weighted by atomic mass is 10.2. The lowest BCUT2D eigenvalue weighted by Gasteiger charge is -2.01. The van der Waals surface area contributed by atoms with Crippen molar-refractivity contribution in [3.05, 3.63) is 52.3 Å². The fourth-order valence-electron chi connectivity index (χ4n) is 1.33. The van der Waals surface area contributed by atoms with Crippen LogP contribution in [0, 0.1) is 0 Å². The fraction of sp³-hybridized carbons (Fsp3) is 0.0833. The average Bonchev–Trinajstić information content (AvgIpc) is 2.36. The molecular formula is C12H10N2O3S. The quantitative estimate of drug-likeness (QED) is 0.495. The maximum atomic E-state index is 11.8. The molecule has 1 aromatic carbocycles. The molecule has 0 aliphatic rings. The highest BCUT2D eigenvalue weighted by molar-refractivity contribution is 7.99. The van der Waals surface area contributed by atoms with E-state index in [0.29, 0.717) is 5.56 Å². The Bertz CT molecular complexity index is 610. The van der Waals surface area contributed by atoms with E-state index >= 15 is 0 Å². The van der Waals surface area contributed by atoms with Crippen LogP contribution < -0.4 is 5.56 Å². The summed E-state index contributed by atoms with van der Waals surface area (Å²) in [4.78, 5) is 29.0. The van der Waals surface area contributed by atoms with E-state index in [-0.39, 0.29) is 22.6 Å². The van der Waals surface area contributed by atoms with Gasteiger partial charge in [0.05, 0.1) is 11.8 Å². The summed E-state index contributed by atoms with van der Waals surface area (Å²) in [6.45, 7) is 0. The predicted octanol–water partition coefficient (Wildman–Crippen LogP) is 1.45. The molecule has 0 radical (unpaired) electrons. The van der Waals surface area contributed by atoms with Gasteiger partial charge in [-0.25, -0.2) is 0 Å². The minimum absolute atomic E-state index is 0.0633. The Balaban J connectivity index is 2.04. The predicted molar refractivity (Wildman–Crippen MR) is 68.0 cm³/mol. The third-order valence-electron chi connectivity index (χ3n) is 2.14. The van der Waals surface area contributed by atoms with Crippen LogP contribution in [0.2, 0.25) is 0 Å². The van der Waals surface area contributed by atoms with Gasteiger partial charge in [0.15, 0.2) is 10.9 Å². The first kappa shape index (κ1) is 12.4. The number of hydrogen-bond acceptors (Lipinski definition) is 5. The Morgan fingerprint density at radius 2 is 2.06 bits per heavy atom. The van der Waals surface area contributed by atoms with Crippen LogP contribution in [0.1, 0.15) is 10.4 Å². The number of benzene rings is 1. The van der Waals surface area contributed by atoms with E-state index in [1.807, 2.05) is 6.07 Å². The molecule has 0 aliphatic carbocycles. The summed E-state index contributed by atoms with van der Waals surface area (Å²) in [6.07, 6.45) is 0. The summed E-state index contributed by atoms with van der Waals surface area (Å²) in [7, 11) is 0. The number of rotatable bonds is 4. The van der Waals surface area contributed by atoms with Crippen LogP contribution in [0.15, 0.2) is 46.3 Å². The van der Waals surface area contributed by atoms with Crippen molar-refractivity contribution in [1.82, 2.24) is 9.97 Å². The normalized spacial score (nSPS) is 10.2. The van der Waals surface area contributed by atoms with Crippen molar-refractivity contribution < 1.29 is 9.90 Å². The molecule has 2 N–H and O–H groups in total. The van der Waals surface area contributed by atoms with Crippen molar-refractivity contribution in [3.8, 4) is 5.88 Å². The zero-order valence-corrected chi connectivity index (χ0v) is 10.1. The largest absolute Gasteiger partial charge is 0.493 e. The minimum atomic E-state index is -0.447. The van der Waals surface area contributed by atoms with Gasteiger partial charge < -0.3 is 10.1 Å². The summed E-state index contributed by atoms with van der Waals surface area (Å²) in [5.41, 5.74) is 0.157. The molecule has 1 aromatic heterocycles. The second kappa shape index (κ2) is 5.50. The second-order valence-electron chi connectivity index (χ2n) is 3.49. The molecule has 92 valence electrons. The van der Waals surface area contributed by atoms with Gasteiger partial charge in [0.1, 0.15) is 0 Å². The lowest BCUT2D eigenvalue weighted by Crippen LogP contribution is -2.08. The SMILES string of the molecule is O=C(CSc1nc(O)cc(=O)[nH]1)c1ccccc1. The van der Waals surface area contributed by atoms with E-state index in [1.54, 1.807) is 24.3 Å². The number of aromatic hydroxyl groups is 1. The number of hydrogen-bond donors (Lipinski definition) is 2. The number of nitrogens with zero attached hydrogens (tertiary/aromatic N) is 1. The van der Waals surface area contributed by atoms with Gasteiger partial charge in [-0.15, -0.1) is 0 Å². The highest BCUT2D eigenvalue weighted by Gasteiger charge is 2.07. The van der Waals surface area contributed by atoms with Gasteiger partial charge >= 0.3 is 0 Å². The lowest BCUT2D eigenvalue weighted by molar-refractivity contribution is 0.102. The number of H-pyrrole nitrogens is 1. The number of Topliss-reactive ketones (excluding diaryl/α,β-unsaturated/α-hetero) is 1.